The van der Waals surface area contributed by atoms with Crippen molar-refractivity contribution in [3.8, 4) is 0 Å². The van der Waals surface area contributed by atoms with Crippen LogP contribution in [0.25, 0.3) is 0 Å². The van der Waals surface area contributed by atoms with E-state index >= 15 is 0 Å². The van der Waals surface area contributed by atoms with Gasteiger partial charge in [-0.25, -0.2) is 0 Å². The van der Waals surface area contributed by atoms with Gasteiger partial charge in [0, 0.05) is 18.6 Å². The number of amides is 1. The molecule has 1 atom stereocenters. The molecule has 19 heavy (non-hydrogen) atoms. The minimum atomic E-state index is -0.875. The minimum Gasteiger partial charge on any atom is -0.389 e. The van der Waals surface area contributed by atoms with E-state index in [1.54, 1.807) is 13.8 Å². The molecule has 112 valence electrons. The maximum atomic E-state index is 12.4. The summed E-state index contributed by atoms with van der Waals surface area (Å²) in [5.74, 6) is 0.152. The van der Waals surface area contributed by atoms with Gasteiger partial charge in [0.1, 0.15) is 0 Å². The van der Waals surface area contributed by atoms with E-state index in [0.29, 0.717) is 0 Å². The SMILES string of the molecule is CC(NC(C)(C)C(C)(C)O)C(=O)N1CCCCCC1. The molecule has 0 aromatic heterocycles. The molecule has 0 saturated carbocycles. The number of carbonyl (C=O) groups excluding carboxylic acids is 1. The number of nitrogens with one attached hydrogen (secondary N) is 1. The van der Waals surface area contributed by atoms with Gasteiger partial charge in [-0.2, -0.15) is 0 Å². The standard InChI is InChI=1S/C15H30N2O2/c1-12(16-14(2,3)15(4,5)19)13(18)17-10-8-6-7-9-11-17/h12,16,19H,6-11H2,1-5H3. The van der Waals surface area contributed by atoms with Crippen LogP contribution in [0, 0.1) is 0 Å². The van der Waals surface area contributed by atoms with Crippen LogP contribution in [0.4, 0.5) is 0 Å². The summed E-state index contributed by atoms with van der Waals surface area (Å²) in [6.07, 6.45) is 4.65. The van der Waals surface area contributed by atoms with Crippen molar-refractivity contribution in [2.24, 2.45) is 0 Å². The van der Waals surface area contributed by atoms with Crippen molar-refractivity contribution in [1.29, 1.82) is 0 Å². The molecule has 1 unspecified atom stereocenters. The molecular weight excluding hydrogens is 240 g/mol. The Bertz CT molecular complexity index is 300. The minimum absolute atomic E-state index is 0.152. The predicted octanol–water partition coefficient (Wildman–Crippen LogP) is 1.92. The second-order valence-corrected chi connectivity index (χ2v) is 6.79. The van der Waals surface area contributed by atoms with Gasteiger partial charge in [-0.3, -0.25) is 10.1 Å². The third-order valence-corrected chi connectivity index (χ3v) is 4.40. The summed E-state index contributed by atoms with van der Waals surface area (Å²) in [5, 5.41) is 13.4. The van der Waals surface area contributed by atoms with Gasteiger partial charge in [0.15, 0.2) is 0 Å². The van der Waals surface area contributed by atoms with Gasteiger partial charge in [-0.05, 0) is 47.5 Å². The average Bonchev–Trinajstić information content (AvgIpc) is 2.54. The van der Waals surface area contributed by atoms with E-state index in [9.17, 15) is 9.90 Å². The average molecular weight is 270 g/mol. The van der Waals surface area contributed by atoms with Gasteiger partial charge in [0.25, 0.3) is 0 Å². The summed E-state index contributed by atoms with van der Waals surface area (Å²) in [6.45, 7) is 11.0. The lowest BCUT2D eigenvalue weighted by Gasteiger charge is -2.40. The van der Waals surface area contributed by atoms with Gasteiger partial charge in [-0.1, -0.05) is 12.8 Å². The number of carbonyl (C=O) groups is 1. The molecule has 1 heterocycles. The molecule has 1 amide bonds. The molecule has 4 heteroatoms. The molecule has 0 spiro atoms. The monoisotopic (exact) mass is 270 g/mol. The molecule has 1 rings (SSSR count). The fourth-order valence-electron chi connectivity index (χ4n) is 2.34. The number of likely N-dealkylation sites (tertiary alicyclic amines) is 1. The van der Waals surface area contributed by atoms with Crippen molar-refractivity contribution in [2.75, 3.05) is 13.1 Å². The molecule has 1 aliphatic rings. The molecule has 0 aliphatic carbocycles. The van der Waals surface area contributed by atoms with Crippen molar-refractivity contribution in [3.05, 3.63) is 0 Å². The van der Waals surface area contributed by atoms with Gasteiger partial charge < -0.3 is 10.0 Å². The zero-order valence-corrected chi connectivity index (χ0v) is 13.1. The van der Waals surface area contributed by atoms with Crippen molar-refractivity contribution < 1.29 is 9.90 Å². The maximum absolute atomic E-state index is 12.4. The zero-order chi connectivity index (χ0) is 14.7. The molecule has 0 bridgehead atoms. The van der Waals surface area contributed by atoms with E-state index in [-0.39, 0.29) is 11.9 Å². The number of aliphatic hydroxyl groups is 1. The molecule has 1 saturated heterocycles. The largest absolute Gasteiger partial charge is 0.389 e. The molecule has 4 nitrogen and oxygen atoms in total. The number of hydrogen-bond acceptors (Lipinski definition) is 3. The Hall–Kier alpha value is -0.610. The second-order valence-electron chi connectivity index (χ2n) is 6.79. The molecular formula is C15H30N2O2. The van der Waals surface area contributed by atoms with Crippen LogP contribution in [0.1, 0.15) is 60.3 Å². The van der Waals surface area contributed by atoms with Gasteiger partial charge in [0.2, 0.25) is 5.91 Å². The van der Waals surface area contributed by atoms with E-state index < -0.39 is 11.1 Å². The molecule has 2 N–H and O–H groups in total. The number of hydrogen-bond donors (Lipinski definition) is 2. The first-order chi connectivity index (χ1) is 8.65. The second kappa shape index (κ2) is 6.23. The Kier molecular flexibility index (Phi) is 5.39. The Morgan fingerprint density at radius 2 is 1.58 bits per heavy atom. The fraction of sp³-hybridized carbons (Fsp3) is 0.933. The molecule has 0 aromatic rings. The smallest absolute Gasteiger partial charge is 0.239 e. The van der Waals surface area contributed by atoms with Gasteiger partial charge in [-0.15, -0.1) is 0 Å². The summed E-state index contributed by atoms with van der Waals surface area (Å²) in [7, 11) is 0. The number of rotatable bonds is 4. The normalized spacial score (nSPS) is 20.0. The van der Waals surface area contributed by atoms with Crippen LogP contribution in [0.15, 0.2) is 0 Å². The first-order valence-corrected chi connectivity index (χ1v) is 7.44. The third-order valence-electron chi connectivity index (χ3n) is 4.40. The highest BCUT2D eigenvalue weighted by atomic mass is 16.3. The van der Waals surface area contributed by atoms with Crippen molar-refractivity contribution in [1.82, 2.24) is 10.2 Å². The molecule has 0 aromatic carbocycles. The lowest BCUT2D eigenvalue weighted by atomic mass is 9.85. The summed E-state index contributed by atoms with van der Waals surface area (Å²) >= 11 is 0. The van der Waals surface area contributed by atoms with Gasteiger partial charge >= 0.3 is 0 Å². The quantitative estimate of drug-likeness (QED) is 0.820. The third kappa shape index (κ3) is 4.46. The van der Waals surface area contributed by atoms with Crippen LogP contribution < -0.4 is 5.32 Å². The van der Waals surface area contributed by atoms with Crippen LogP contribution in [0.5, 0.6) is 0 Å². The van der Waals surface area contributed by atoms with Crippen molar-refractivity contribution >= 4 is 5.91 Å². The van der Waals surface area contributed by atoms with E-state index in [0.717, 1.165) is 25.9 Å². The molecule has 0 radical (unpaired) electrons. The summed E-state index contributed by atoms with van der Waals surface area (Å²) < 4.78 is 0. The van der Waals surface area contributed by atoms with Crippen LogP contribution in [-0.2, 0) is 4.79 Å². The highest BCUT2D eigenvalue weighted by molar-refractivity contribution is 5.81. The Morgan fingerprint density at radius 1 is 1.11 bits per heavy atom. The Morgan fingerprint density at radius 3 is 2.00 bits per heavy atom. The van der Waals surface area contributed by atoms with Crippen molar-refractivity contribution in [3.63, 3.8) is 0 Å². The van der Waals surface area contributed by atoms with E-state index in [2.05, 4.69) is 5.32 Å². The topological polar surface area (TPSA) is 52.6 Å². The predicted molar refractivity (Wildman–Crippen MR) is 78.0 cm³/mol. The van der Waals surface area contributed by atoms with Crippen LogP contribution >= 0.6 is 0 Å². The molecule has 1 aliphatic heterocycles. The summed E-state index contributed by atoms with van der Waals surface area (Å²) in [4.78, 5) is 14.4. The van der Waals surface area contributed by atoms with Gasteiger partial charge in [0.05, 0.1) is 11.6 Å². The highest BCUT2D eigenvalue weighted by Gasteiger charge is 2.37. The molecule has 1 fully saturated rings. The Labute approximate surface area is 117 Å². The maximum Gasteiger partial charge on any atom is 0.239 e. The lowest BCUT2D eigenvalue weighted by Crippen LogP contribution is -2.61. The summed E-state index contributed by atoms with van der Waals surface area (Å²) in [6, 6.07) is -0.264. The van der Waals surface area contributed by atoms with Crippen LogP contribution in [-0.4, -0.2) is 46.2 Å². The van der Waals surface area contributed by atoms with E-state index in [1.165, 1.54) is 12.8 Å². The van der Waals surface area contributed by atoms with Crippen LogP contribution in [0.2, 0.25) is 0 Å². The first kappa shape index (κ1) is 16.4. The van der Waals surface area contributed by atoms with E-state index in [4.69, 9.17) is 0 Å². The van der Waals surface area contributed by atoms with E-state index in [1.807, 2.05) is 25.7 Å². The number of nitrogens with zero attached hydrogens (tertiary/aromatic N) is 1. The fourth-order valence-corrected chi connectivity index (χ4v) is 2.34. The first-order valence-electron chi connectivity index (χ1n) is 7.44. The summed E-state index contributed by atoms with van der Waals surface area (Å²) in [5.41, 5.74) is -1.38. The zero-order valence-electron chi connectivity index (χ0n) is 13.1. The van der Waals surface area contributed by atoms with Crippen LogP contribution in [0.3, 0.4) is 0 Å². The Balaban J connectivity index is 2.61. The highest BCUT2D eigenvalue weighted by Crippen LogP contribution is 2.21. The lowest BCUT2D eigenvalue weighted by molar-refractivity contribution is -0.134. The van der Waals surface area contributed by atoms with Crippen molar-refractivity contribution in [2.45, 2.75) is 77.5 Å².